The maximum atomic E-state index is 11.7. The minimum atomic E-state index is -2.06. The fourth-order valence-corrected chi connectivity index (χ4v) is 2.24. The van der Waals surface area contributed by atoms with Crippen LogP contribution in [0.5, 0.6) is 5.75 Å². The third-order valence-corrected chi connectivity index (χ3v) is 3.66. The van der Waals surface area contributed by atoms with Crippen LogP contribution in [0.4, 0.5) is 4.79 Å². The number of amides is 1. The molecule has 0 spiro atoms. The van der Waals surface area contributed by atoms with E-state index in [9.17, 15) is 9.59 Å². The molecule has 1 rings (SSSR count). The number of carbonyl (C=O) groups excluding carboxylic acids is 2. The van der Waals surface area contributed by atoms with Gasteiger partial charge in [-0.2, -0.15) is 0 Å². The van der Waals surface area contributed by atoms with E-state index in [1.807, 2.05) is 13.8 Å². The zero-order valence-corrected chi connectivity index (χ0v) is 16.2. The summed E-state index contributed by atoms with van der Waals surface area (Å²) >= 11 is 17.5. The zero-order chi connectivity index (χ0) is 18.7. The van der Waals surface area contributed by atoms with Crippen molar-refractivity contribution >= 4 is 52.6 Å². The Bertz CT molecular complexity index is 679. The second-order valence-electron chi connectivity index (χ2n) is 5.40. The van der Waals surface area contributed by atoms with Gasteiger partial charge in [0.15, 0.2) is 5.78 Å². The number of nitrogens with zero attached hydrogens (tertiary/aromatic N) is 1. The molecule has 0 aromatic heterocycles. The van der Waals surface area contributed by atoms with Gasteiger partial charge in [-0.15, -0.1) is 4.99 Å². The molecule has 0 aliphatic rings. The maximum absolute atomic E-state index is 11.7. The third kappa shape index (κ3) is 5.36. The van der Waals surface area contributed by atoms with Gasteiger partial charge in [-0.25, -0.2) is 4.79 Å². The minimum absolute atomic E-state index is 0.0217. The second kappa shape index (κ2) is 8.19. The van der Waals surface area contributed by atoms with Crippen molar-refractivity contribution in [3.8, 4) is 5.75 Å². The monoisotopic (exact) mass is 393 g/mol. The first-order valence-electron chi connectivity index (χ1n) is 7.04. The van der Waals surface area contributed by atoms with Gasteiger partial charge in [-0.3, -0.25) is 4.79 Å². The lowest BCUT2D eigenvalue weighted by molar-refractivity contribution is 0.101. The van der Waals surface area contributed by atoms with Crippen molar-refractivity contribution in [3.05, 3.63) is 28.8 Å². The molecule has 0 saturated heterocycles. The number of halogens is 3. The van der Waals surface area contributed by atoms with E-state index >= 15 is 0 Å². The van der Waals surface area contributed by atoms with Crippen LogP contribution in [0.2, 0.25) is 0 Å². The molecule has 0 unspecified atom stereocenters. The molecule has 0 fully saturated rings. The Morgan fingerprint density at radius 2 is 1.79 bits per heavy atom. The number of benzene rings is 1. The van der Waals surface area contributed by atoms with Crippen molar-refractivity contribution in [3.63, 3.8) is 0 Å². The highest BCUT2D eigenvalue weighted by molar-refractivity contribution is 6.76. The predicted octanol–water partition coefficient (Wildman–Crippen LogP) is 5.23. The Morgan fingerprint density at radius 1 is 1.21 bits per heavy atom. The first-order chi connectivity index (χ1) is 11.0. The second-order valence-corrected chi connectivity index (χ2v) is 7.68. The van der Waals surface area contributed by atoms with Crippen molar-refractivity contribution in [2.24, 2.45) is 4.99 Å². The maximum Gasteiger partial charge on any atom is 0.436 e. The molecule has 1 aromatic rings. The Hall–Kier alpha value is -1.30. The van der Waals surface area contributed by atoms with E-state index < -0.39 is 15.8 Å². The minimum Gasteiger partial charge on any atom is -0.451 e. The molecule has 0 N–H and O–H groups in total. The highest BCUT2D eigenvalue weighted by Gasteiger charge is 2.33. The van der Waals surface area contributed by atoms with Gasteiger partial charge >= 0.3 is 6.09 Å². The quantitative estimate of drug-likeness (QED) is 0.304. The Labute approximate surface area is 155 Å². The van der Waals surface area contributed by atoms with E-state index in [1.54, 1.807) is 19.1 Å². The first kappa shape index (κ1) is 20.7. The fourth-order valence-electron chi connectivity index (χ4n) is 1.99. The van der Waals surface area contributed by atoms with Crippen molar-refractivity contribution in [2.75, 3.05) is 7.11 Å². The van der Waals surface area contributed by atoms with Crippen LogP contribution in [0, 0.1) is 6.92 Å². The van der Waals surface area contributed by atoms with Crippen LogP contribution >= 0.6 is 34.8 Å². The summed E-state index contributed by atoms with van der Waals surface area (Å²) in [5, 5.41) is 0. The topological polar surface area (TPSA) is 65.0 Å². The van der Waals surface area contributed by atoms with E-state index in [1.165, 1.54) is 6.92 Å². The molecule has 24 heavy (non-hydrogen) atoms. The van der Waals surface area contributed by atoms with Crippen LogP contribution in [-0.2, 0) is 4.74 Å². The van der Waals surface area contributed by atoms with Crippen LogP contribution in [0.1, 0.15) is 48.2 Å². The Kier molecular flexibility index (Phi) is 7.08. The summed E-state index contributed by atoms with van der Waals surface area (Å²) < 4.78 is 7.98. The summed E-state index contributed by atoms with van der Waals surface area (Å²) in [5.41, 5.74) is 1.99. The number of rotatable bonds is 3. The van der Waals surface area contributed by atoms with Crippen LogP contribution in [-0.4, -0.2) is 28.7 Å². The molecule has 0 aliphatic carbocycles. The van der Waals surface area contributed by atoms with Crippen molar-refractivity contribution in [2.45, 2.75) is 37.4 Å². The van der Waals surface area contributed by atoms with Crippen molar-refractivity contribution in [1.29, 1.82) is 0 Å². The smallest absolute Gasteiger partial charge is 0.436 e. The van der Waals surface area contributed by atoms with Gasteiger partial charge in [0.05, 0.1) is 7.11 Å². The lowest BCUT2D eigenvalue weighted by atomic mass is 9.95. The summed E-state index contributed by atoms with van der Waals surface area (Å²) in [7, 11) is 1.15. The Balaban J connectivity index is 3.43. The molecule has 5 nitrogen and oxygen atoms in total. The number of carbonyl (C=O) groups is 2. The number of aryl methyl sites for hydroxylation is 1. The predicted molar refractivity (Wildman–Crippen MR) is 96.0 cm³/mol. The average Bonchev–Trinajstić information content (AvgIpc) is 2.44. The van der Waals surface area contributed by atoms with E-state index in [4.69, 9.17) is 39.5 Å². The highest BCUT2D eigenvalue weighted by Crippen LogP contribution is 2.34. The van der Waals surface area contributed by atoms with Gasteiger partial charge in [-0.05, 0) is 43.0 Å². The highest BCUT2D eigenvalue weighted by atomic mass is 35.6. The molecule has 8 heteroatoms. The zero-order valence-electron chi connectivity index (χ0n) is 13.9. The number of ether oxygens (including phenoxy) is 2. The van der Waals surface area contributed by atoms with Gasteiger partial charge in [0.25, 0.3) is 9.69 Å². The number of hydrogen-bond acceptors (Lipinski definition) is 4. The first-order valence-corrected chi connectivity index (χ1v) is 8.17. The molecule has 1 aromatic carbocycles. The van der Waals surface area contributed by atoms with Gasteiger partial charge in [0.1, 0.15) is 5.75 Å². The average molecular weight is 395 g/mol. The molecular weight excluding hydrogens is 377 g/mol. The number of alkyl halides is 3. The number of ketones is 1. The van der Waals surface area contributed by atoms with Gasteiger partial charge in [0.2, 0.25) is 0 Å². The lowest BCUT2D eigenvalue weighted by Crippen LogP contribution is -2.27. The van der Waals surface area contributed by atoms with Crippen LogP contribution in [0.3, 0.4) is 0 Å². The molecular formula is C16H18Cl3NO4. The fraction of sp³-hybridized carbons (Fsp3) is 0.438. The molecule has 0 radical (unpaired) electrons. The molecule has 0 heterocycles. The summed E-state index contributed by atoms with van der Waals surface area (Å²) in [4.78, 5) is 26.6. The molecule has 0 bridgehead atoms. The largest absolute Gasteiger partial charge is 0.451 e. The van der Waals surface area contributed by atoms with Crippen LogP contribution < -0.4 is 4.74 Å². The number of Topliss-reactive ketones (excluding diaryl/α,β-unsaturated/α-hetero) is 1. The molecule has 0 aliphatic heterocycles. The summed E-state index contributed by atoms with van der Waals surface area (Å²) in [6, 6.07) is 3.38. The number of hydrogen-bond donors (Lipinski definition) is 0. The van der Waals surface area contributed by atoms with E-state index in [0.29, 0.717) is 16.9 Å². The van der Waals surface area contributed by atoms with Gasteiger partial charge < -0.3 is 9.47 Å². The summed E-state index contributed by atoms with van der Waals surface area (Å²) in [6.45, 7) is 7.10. The summed E-state index contributed by atoms with van der Waals surface area (Å²) in [6.07, 6.45) is -0.959. The van der Waals surface area contributed by atoms with E-state index in [2.05, 4.69) is 9.73 Å². The SMILES string of the molecule is COC(=O)N=C(Oc1cc(C)c(C(C)=O)cc1C(C)C)C(Cl)(Cl)Cl. The van der Waals surface area contributed by atoms with Crippen molar-refractivity contribution < 1.29 is 19.1 Å². The Morgan fingerprint density at radius 3 is 2.21 bits per heavy atom. The summed E-state index contributed by atoms with van der Waals surface area (Å²) in [5.74, 6) is -0.128. The number of methoxy groups -OCH3 is 1. The molecule has 132 valence electrons. The van der Waals surface area contributed by atoms with Crippen LogP contribution in [0.15, 0.2) is 17.1 Å². The third-order valence-electron chi connectivity index (χ3n) is 3.17. The van der Waals surface area contributed by atoms with Gasteiger partial charge in [0, 0.05) is 5.56 Å². The molecule has 1 amide bonds. The van der Waals surface area contributed by atoms with Gasteiger partial charge in [-0.1, -0.05) is 48.7 Å². The lowest BCUT2D eigenvalue weighted by Gasteiger charge is -2.20. The van der Waals surface area contributed by atoms with Crippen molar-refractivity contribution in [1.82, 2.24) is 0 Å². The standard InChI is InChI=1S/C16H18Cl3NO4/c1-8(2)11-7-12(10(4)21)9(3)6-13(11)24-14(16(17,18)19)20-15(22)23-5/h6-8H,1-5H3. The van der Waals surface area contributed by atoms with E-state index in [-0.39, 0.29) is 11.7 Å². The van der Waals surface area contributed by atoms with Crippen LogP contribution in [0.25, 0.3) is 0 Å². The van der Waals surface area contributed by atoms with E-state index in [0.717, 1.165) is 12.7 Å². The molecule has 0 saturated carbocycles. The normalized spacial score (nSPS) is 12.3. The number of aliphatic imine (C=N–C) groups is 1. The molecule has 0 atom stereocenters.